The molecule has 2 rings (SSSR count). The molecule has 1 N–H and O–H groups in total. The Balaban J connectivity index is 2.36. The molecule has 0 bridgehead atoms. The van der Waals surface area contributed by atoms with E-state index in [4.69, 9.17) is 16.3 Å². The summed E-state index contributed by atoms with van der Waals surface area (Å²) in [4.78, 5) is 6.58. The second-order valence-corrected chi connectivity index (χ2v) is 5.82. The SMILES string of the molecule is C=CCOc1cc(N(CC)CC)ccc1C=Nc1cc(Cl)ccc1O. The lowest BCUT2D eigenvalue weighted by Crippen LogP contribution is -2.21. The molecule has 0 aliphatic carbocycles. The van der Waals surface area contributed by atoms with Crippen molar-refractivity contribution < 1.29 is 9.84 Å². The summed E-state index contributed by atoms with van der Waals surface area (Å²) in [7, 11) is 0. The number of phenolic OH excluding ortho intramolecular Hbond substituents is 1. The van der Waals surface area contributed by atoms with Crippen LogP contribution in [0.3, 0.4) is 0 Å². The largest absolute Gasteiger partial charge is 0.506 e. The van der Waals surface area contributed by atoms with Crippen LogP contribution >= 0.6 is 11.6 Å². The summed E-state index contributed by atoms with van der Waals surface area (Å²) in [5, 5.41) is 10.4. The van der Waals surface area contributed by atoms with Gasteiger partial charge in [0.15, 0.2) is 0 Å². The maximum Gasteiger partial charge on any atom is 0.141 e. The fourth-order valence-corrected chi connectivity index (χ4v) is 2.59. The Labute approximate surface area is 154 Å². The molecule has 132 valence electrons. The van der Waals surface area contributed by atoms with Crippen LogP contribution in [0, 0.1) is 0 Å². The molecule has 0 unspecified atom stereocenters. The highest BCUT2D eigenvalue weighted by Crippen LogP contribution is 2.30. The van der Waals surface area contributed by atoms with E-state index in [-0.39, 0.29) is 5.75 Å². The Morgan fingerprint density at radius 2 is 1.96 bits per heavy atom. The lowest BCUT2D eigenvalue weighted by atomic mass is 10.1. The van der Waals surface area contributed by atoms with Gasteiger partial charge in [-0.3, -0.25) is 4.99 Å². The highest BCUT2D eigenvalue weighted by Gasteiger charge is 2.08. The van der Waals surface area contributed by atoms with Crippen molar-refractivity contribution in [3.63, 3.8) is 0 Å². The molecule has 0 aliphatic heterocycles. The zero-order valence-electron chi connectivity index (χ0n) is 14.6. The maximum atomic E-state index is 9.88. The van der Waals surface area contributed by atoms with Gasteiger partial charge in [-0.15, -0.1) is 0 Å². The summed E-state index contributed by atoms with van der Waals surface area (Å²) in [5.74, 6) is 0.795. The van der Waals surface area contributed by atoms with Gasteiger partial charge in [0.25, 0.3) is 0 Å². The van der Waals surface area contributed by atoms with Gasteiger partial charge >= 0.3 is 0 Å². The molecule has 0 aliphatic rings. The van der Waals surface area contributed by atoms with Crippen molar-refractivity contribution in [1.29, 1.82) is 0 Å². The van der Waals surface area contributed by atoms with E-state index < -0.39 is 0 Å². The molecular formula is C20H23ClN2O2. The predicted molar refractivity (Wildman–Crippen MR) is 106 cm³/mol. The zero-order chi connectivity index (χ0) is 18.2. The van der Waals surface area contributed by atoms with Gasteiger partial charge in [-0.05, 0) is 44.2 Å². The lowest BCUT2D eigenvalue weighted by molar-refractivity contribution is 0.363. The molecule has 0 saturated carbocycles. The lowest BCUT2D eigenvalue weighted by Gasteiger charge is -2.22. The third-order valence-corrected chi connectivity index (χ3v) is 4.00. The van der Waals surface area contributed by atoms with E-state index in [0.29, 0.717) is 17.3 Å². The Morgan fingerprint density at radius 1 is 1.20 bits per heavy atom. The number of rotatable bonds is 8. The molecule has 25 heavy (non-hydrogen) atoms. The van der Waals surface area contributed by atoms with Crippen LogP contribution in [-0.2, 0) is 0 Å². The Morgan fingerprint density at radius 3 is 2.64 bits per heavy atom. The zero-order valence-corrected chi connectivity index (χ0v) is 15.3. The first kappa shape index (κ1) is 18.9. The van der Waals surface area contributed by atoms with Crippen molar-refractivity contribution >= 4 is 29.2 Å². The van der Waals surface area contributed by atoms with Gasteiger partial charge in [0, 0.05) is 41.6 Å². The minimum Gasteiger partial charge on any atom is -0.506 e. The van der Waals surface area contributed by atoms with E-state index in [1.165, 1.54) is 6.07 Å². The number of aromatic hydroxyl groups is 1. The van der Waals surface area contributed by atoms with Crippen molar-refractivity contribution in [3.8, 4) is 11.5 Å². The summed E-state index contributed by atoms with van der Waals surface area (Å²) in [6, 6.07) is 10.7. The van der Waals surface area contributed by atoms with Crippen LogP contribution in [0.4, 0.5) is 11.4 Å². The molecule has 0 aromatic heterocycles. The number of aliphatic imine (C=N–C) groups is 1. The minimum absolute atomic E-state index is 0.0778. The van der Waals surface area contributed by atoms with Crippen LogP contribution in [0.2, 0.25) is 5.02 Å². The van der Waals surface area contributed by atoms with Crippen molar-refractivity contribution in [2.75, 3.05) is 24.6 Å². The molecule has 0 heterocycles. The molecular weight excluding hydrogens is 336 g/mol. The summed E-state index contributed by atoms with van der Waals surface area (Å²) in [6.45, 7) is 10.2. The standard InChI is InChI=1S/C20H23ClN2O2/c1-4-11-25-20-13-17(23(5-2)6-3)9-7-15(20)14-22-18-12-16(21)8-10-19(18)24/h4,7-10,12-14,24H,1,5-6,11H2,2-3H3. The molecule has 0 spiro atoms. The Hall–Kier alpha value is -2.46. The van der Waals surface area contributed by atoms with E-state index in [1.54, 1.807) is 24.4 Å². The van der Waals surface area contributed by atoms with Gasteiger partial charge in [0.1, 0.15) is 23.8 Å². The van der Waals surface area contributed by atoms with Crippen molar-refractivity contribution in [3.05, 3.63) is 59.6 Å². The van der Waals surface area contributed by atoms with E-state index in [2.05, 4.69) is 30.3 Å². The minimum atomic E-state index is 0.0778. The number of ether oxygens (including phenoxy) is 1. The second-order valence-electron chi connectivity index (χ2n) is 5.39. The molecule has 5 heteroatoms. The van der Waals surface area contributed by atoms with Gasteiger partial charge in [0.05, 0.1) is 0 Å². The molecule has 0 amide bonds. The second kappa shape index (κ2) is 9.14. The van der Waals surface area contributed by atoms with Crippen LogP contribution in [0.15, 0.2) is 54.0 Å². The van der Waals surface area contributed by atoms with Crippen molar-refractivity contribution in [2.45, 2.75) is 13.8 Å². The van der Waals surface area contributed by atoms with Gasteiger partial charge in [-0.25, -0.2) is 0 Å². The first-order valence-electron chi connectivity index (χ1n) is 8.24. The summed E-state index contributed by atoms with van der Waals surface area (Å²) in [5.41, 5.74) is 2.32. The number of phenols is 1. The van der Waals surface area contributed by atoms with E-state index in [1.807, 2.05) is 18.2 Å². The number of halogens is 1. The highest BCUT2D eigenvalue weighted by atomic mass is 35.5. The predicted octanol–water partition coefficient (Wildman–Crippen LogP) is 5.21. The number of nitrogens with zero attached hydrogens (tertiary/aromatic N) is 2. The van der Waals surface area contributed by atoms with Crippen LogP contribution in [0.1, 0.15) is 19.4 Å². The number of hydrogen-bond donors (Lipinski definition) is 1. The highest BCUT2D eigenvalue weighted by molar-refractivity contribution is 6.30. The third-order valence-electron chi connectivity index (χ3n) is 3.76. The molecule has 2 aromatic carbocycles. The third kappa shape index (κ3) is 5.00. The average molecular weight is 359 g/mol. The van der Waals surface area contributed by atoms with Crippen molar-refractivity contribution in [2.24, 2.45) is 4.99 Å². The van der Waals surface area contributed by atoms with Gasteiger partial charge in [0.2, 0.25) is 0 Å². The van der Waals surface area contributed by atoms with Crippen molar-refractivity contribution in [1.82, 2.24) is 0 Å². The maximum absolute atomic E-state index is 9.88. The van der Waals surface area contributed by atoms with Crippen LogP contribution in [0.5, 0.6) is 11.5 Å². The van der Waals surface area contributed by atoms with Gasteiger partial charge in [-0.2, -0.15) is 0 Å². The molecule has 0 fully saturated rings. The van der Waals surface area contributed by atoms with Crippen LogP contribution in [-0.4, -0.2) is 31.0 Å². The fourth-order valence-electron chi connectivity index (χ4n) is 2.43. The summed E-state index contributed by atoms with van der Waals surface area (Å²) in [6.07, 6.45) is 3.36. The molecule has 0 atom stereocenters. The smallest absolute Gasteiger partial charge is 0.141 e. The molecule has 4 nitrogen and oxygen atoms in total. The first-order chi connectivity index (χ1) is 12.1. The van der Waals surface area contributed by atoms with Gasteiger partial charge < -0.3 is 14.7 Å². The summed E-state index contributed by atoms with van der Waals surface area (Å²) >= 11 is 5.96. The van der Waals surface area contributed by atoms with E-state index in [0.717, 1.165) is 30.1 Å². The fraction of sp³-hybridized carbons (Fsp3) is 0.250. The van der Waals surface area contributed by atoms with E-state index in [9.17, 15) is 5.11 Å². The van der Waals surface area contributed by atoms with Crippen LogP contribution in [0.25, 0.3) is 0 Å². The monoisotopic (exact) mass is 358 g/mol. The molecule has 0 saturated heterocycles. The average Bonchev–Trinajstić information content (AvgIpc) is 2.62. The normalized spacial score (nSPS) is 10.8. The number of benzene rings is 2. The Kier molecular flexibility index (Phi) is 6.90. The number of hydrogen-bond acceptors (Lipinski definition) is 4. The van der Waals surface area contributed by atoms with E-state index >= 15 is 0 Å². The number of anilines is 1. The Bertz CT molecular complexity index is 755. The quantitative estimate of drug-likeness (QED) is 0.520. The van der Waals surface area contributed by atoms with Crippen LogP contribution < -0.4 is 9.64 Å². The molecule has 0 radical (unpaired) electrons. The first-order valence-corrected chi connectivity index (χ1v) is 8.62. The molecule has 2 aromatic rings. The summed E-state index contributed by atoms with van der Waals surface area (Å²) < 4.78 is 5.78. The van der Waals surface area contributed by atoms with Gasteiger partial charge in [-0.1, -0.05) is 24.3 Å². The topological polar surface area (TPSA) is 45.1 Å².